The highest BCUT2D eigenvalue weighted by Gasteiger charge is 2.09. The first-order valence-electron chi connectivity index (χ1n) is 3.58. The third-order valence-electron chi connectivity index (χ3n) is 1.28. The van der Waals surface area contributed by atoms with Gasteiger partial charge < -0.3 is 33.3 Å². The standard InChI is InChI=1S/C6H14N4O2.2H2O/c7-4(5(11)12)2-1-3-10-6(8)9;;/h4H,1-3,7H2,(H,11,12)(H4,8,9,10);2*1H2. The second kappa shape index (κ2) is 9.71. The van der Waals surface area contributed by atoms with Gasteiger partial charge >= 0.3 is 5.97 Å². The summed E-state index contributed by atoms with van der Waals surface area (Å²) in [6.45, 7) is 0.420. The molecule has 8 heteroatoms. The first-order valence-corrected chi connectivity index (χ1v) is 3.58. The van der Waals surface area contributed by atoms with Crippen molar-refractivity contribution in [3.05, 3.63) is 0 Å². The summed E-state index contributed by atoms with van der Waals surface area (Å²) in [6.07, 6.45) is 0.956. The highest BCUT2D eigenvalue weighted by atomic mass is 16.4. The van der Waals surface area contributed by atoms with E-state index in [1.807, 2.05) is 0 Å². The molecule has 0 heterocycles. The average Bonchev–Trinajstić information content (AvgIpc) is 1.97. The van der Waals surface area contributed by atoms with Gasteiger partial charge in [-0.2, -0.15) is 0 Å². The molecule has 0 aliphatic carbocycles. The second-order valence-corrected chi connectivity index (χ2v) is 2.39. The molecule has 1 atom stereocenters. The Morgan fingerprint density at radius 1 is 1.36 bits per heavy atom. The van der Waals surface area contributed by atoms with Crippen LogP contribution >= 0.6 is 0 Å². The fourth-order valence-corrected chi connectivity index (χ4v) is 0.643. The molecule has 8 nitrogen and oxygen atoms in total. The third-order valence-corrected chi connectivity index (χ3v) is 1.28. The number of aliphatic imine (C=N–C) groups is 1. The highest BCUT2D eigenvalue weighted by Crippen LogP contribution is 1.94. The Labute approximate surface area is 81.4 Å². The van der Waals surface area contributed by atoms with Gasteiger partial charge in [0, 0.05) is 6.54 Å². The quantitative estimate of drug-likeness (QED) is 0.210. The first kappa shape index (κ1) is 18.4. The fourth-order valence-electron chi connectivity index (χ4n) is 0.643. The molecule has 11 N–H and O–H groups in total. The normalized spacial score (nSPS) is 10.4. The van der Waals surface area contributed by atoms with Gasteiger partial charge in [0.25, 0.3) is 0 Å². The summed E-state index contributed by atoms with van der Waals surface area (Å²) in [5, 5.41) is 8.38. The zero-order valence-corrected chi connectivity index (χ0v) is 7.73. The summed E-state index contributed by atoms with van der Waals surface area (Å²) in [4.78, 5) is 13.9. The van der Waals surface area contributed by atoms with Crippen molar-refractivity contribution in [3.8, 4) is 0 Å². The van der Waals surface area contributed by atoms with Crippen LogP contribution in [0.15, 0.2) is 4.99 Å². The first-order chi connectivity index (χ1) is 5.54. The van der Waals surface area contributed by atoms with Crippen LogP contribution in [0.4, 0.5) is 0 Å². The second-order valence-electron chi connectivity index (χ2n) is 2.39. The molecular weight excluding hydrogens is 192 g/mol. The molecule has 0 bridgehead atoms. The van der Waals surface area contributed by atoms with Crippen LogP contribution in [0.5, 0.6) is 0 Å². The Kier molecular flexibility index (Phi) is 12.8. The maximum atomic E-state index is 10.2. The molecular formula is C6H18N4O4. The van der Waals surface area contributed by atoms with Crippen molar-refractivity contribution in [1.82, 2.24) is 0 Å². The van der Waals surface area contributed by atoms with Crippen molar-refractivity contribution in [1.29, 1.82) is 0 Å². The smallest absolute Gasteiger partial charge is 0.320 e. The predicted molar refractivity (Wildman–Crippen MR) is 52.7 cm³/mol. The molecule has 0 saturated carbocycles. The minimum Gasteiger partial charge on any atom is -0.480 e. The maximum absolute atomic E-state index is 10.2. The Balaban J connectivity index is -0.000000605. The monoisotopic (exact) mass is 210 g/mol. The molecule has 0 radical (unpaired) electrons. The summed E-state index contributed by atoms with van der Waals surface area (Å²) in [7, 11) is 0. The van der Waals surface area contributed by atoms with E-state index < -0.39 is 12.0 Å². The topological polar surface area (TPSA) is 191 Å². The summed E-state index contributed by atoms with van der Waals surface area (Å²) >= 11 is 0. The van der Waals surface area contributed by atoms with E-state index >= 15 is 0 Å². The molecule has 0 aliphatic rings. The number of nitrogens with zero attached hydrogens (tertiary/aromatic N) is 1. The lowest BCUT2D eigenvalue weighted by Crippen LogP contribution is -2.30. The van der Waals surface area contributed by atoms with Crippen molar-refractivity contribution in [2.24, 2.45) is 22.2 Å². The van der Waals surface area contributed by atoms with Gasteiger partial charge in [0.1, 0.15) is 6.04 Å². The van der Waals surface area contributed by atoms with Crippen LogP contribution in [0, 0.1) is 0 Å². The van der Waals surface area contributed by atoms with Gasteiger partial charge in [0.2, 0.25) is 0 Å². The number of aliphatic carboxylic acids is 1. The Morgan fingerprint density at radius 2 is 1.86 bits per heavy atom. The van der Waals surface area contributed by atoms with Crippen molar-refractivity contribution in [2.45, 2.75) is 18.9 Å². The third kappa shape index (κ3) is 10.6. The van der Waals surface area contributed by atoms with Crippen molar-refractivity contribution in [3.63, 3.8) is 0 Å². The SMILES string of the molecule is NC(N)=NCCCC(N)C(=O)O.O.O. The lowest BCUT2D eigenvalue weighted by Gasteiger charge is -2.03. The lowest BCUT2D eigenvalue weighted by molar-refractivity contribution is -0.138. The number of guanidine groups is 1. The highest BCUT2D eigenvalue weighted by molar-refractivity contribution is 5.75. The van der Waals surface area contributed by atoms with Crippen molar-refractivity contribution in [2.75, 3.05) is 6.54 Å². The number of carbonyl (C=O) groups is 1. The zero-order chi connectivity index (χ0) is 9.56. The number of nitrogens with two attached hydrogens (primary N) is 3. The van der Waals surface area contributed by atoms with Crippen LogP contribution in [0.1, 0.15) is 12.8 Å². The molecule has 0 aromatic heterocycles. The molecule has 0 fully saturated rings. The minimum absolute atomic E-state index is 0. The lowest BCUT2D eigenvalue weighted by atomic mass is 10.2. The molecule has 0 aliphatic heterocycles. The van der Waals surface area contributed by atoms with E-state index in [1.54, 1.807) is 0 Å². The molecule has 0 rings (SSSR count). The summed E-state index contributed by atoms with van der Waals surface area (Å²) in [5.41, 5.74) is 15.3. The largest absolute Gasteiger partial charge is 0.480 e. The van der Waals surface area contributed by atoms with Crippen molar-refractivity contribution >= 4 is 11.9 Å². The number of rotatable bonds is 5. The predicted octanol–water partition coefficient (Wildman–Crippen LogP) is -3.20. The fraction of sp³-hybridized carbons (Fsp3) is 0.667. The molecule has 14 heavy (non-hydrogen) atoms. The summed E-state index contributed by atoms with van der Waals surface area (Å²) in [6, 6.07) is -0.820. The Hall–Kier alpha value is -1.38. The van der Waals surface area contributed by atoms with E-state index in [-0.39, 0.29) is 16.9 Å². The van der Waals surface area contributed by atoms with Gasteiger partial charge in [-0.05, 0) is 12.8 Å². The summed E-state index contributed by atoms with van der Waals surface area (Å²) in [5.74, 6) is -0.987. The van der Waals surface area contributed by atoms with Crippen molar-refractivity contribution < 1.29 is 20.9 Å². The molecule has 0 aromatic carbocycles. The molecule has 0 amide bonds. The minimum atomic E-state index is -1.00. The van der Waals surface area contributed by atoms with E-state index in [0.29, 0.717) is 19.4 Å². The van der Waals surface area contributed by atoms with E-state index in [4.69, 9.17) is 22.3 Å². The Morgan fingerprint density at radius 3 is 2.21 bits per heavy atom. The van der Waals surface area contributed by atoms with E-state index in [0.717, 1.165) is 0 Å². The van der Waals surface area contributed by atoms with E-state index in [1.165, 1.54) is 0 Å². The number of hydrogen-bond donors (Lipinski definition) is 4. The molecule has 0 aromatic rings. The van der Waals surface area contributed by atoms with E-state index in [2.05, 4.69) is 4.99 Å². The maximum Gasteiger partial charge on any atom is 0.320 e. The van der Waals surface area contributed by atoms with Crippen LogP contribution in [0.2, 0.25) is 0 Å². The zero-order valence-electron chi connectivity index (χ0n) is 7.73. The Bertz CT molecular complexity index is 181. The van der Waals surface area contributed by atoms with Gasteiger partial charge in [-0.1, -0.05) is 0 Å². The summed E-state index contributed by atoms with van der Waals surface area (Å²) < 4.78 is 0. The number of hydrogen-bond acceptors (Lipinski definition) is 3. The van der Waals surface area contributed by atoms with Crippen LogP contribution < -0.4 is 17.2 Å². The van der Waals surface area contributed by atoms with Gasteiger partial charge in [-0.3, -0.25) is 9.79 Å². The molecule has 86 valence electrons. The van der Waals surface area contributed by atoms with E-state index in [9.17, 15) is 4.79 Å². The number of carboxylic acids is 1. The van der Waals surface area contributed by atoms with Gasteiger partial charge in [0.15, 0.2) is 5.96 Å². The molecule has 1 unspecified atom stereocenters. The molecule has 0 saturated heterocycles. The molecule has 0 spiro atoms. The number of carboxylic acid groups (broad SMARTS) is 1. The van der Waals surface area contributed by atoms with Crippen LogP contribution in [-0.2, 0) is 4.79 Å². The van der Waals surface area contributed by atoms with Crippen LogP contribution in [0.25, 0.3) is 0 Å². The van der Waals surface area contributed by atoms with Gasteiger partial charge in [0.05, 0.1) is 0 Å². The average molecular weight is 210 g/mol. The van der Waals surface area contributed by atoms with Gasteiger partial charge in [-0.15, -0.1) is 0 Å². The van der Waals surface area contributed by atoms with Gasteiger partial charge in [-0.25, -0.2) is 0 Å². The van der Waals surface area contributed by atoms with Crippen LogP contribution in [0.3, 0.4) is 0 Å². The van der Waals surface area contributed by atoms with Crippen LogP contribution in [-0.4, -0.2) is 40.6 Å².